The standard InChI is InChI=1S/C15H13NO4/c1-19-15(18)13-9-12(7-8-16-13)14(17)20-10-11-5-3-2-4-6-11/h2-9H,10H2,1H3. The van der Waals surface area contributed by atoms with Crippen LogP contribution in [0.1, 0.15) is 26.4 Å². The molecule has 0 unspecified atom stereocenters. The lowest BCUT2D eigenvalue weighted by Crippen LogP contribution is -2.09. The summed E-state index contributed by atoms with van der Waals surface area (Å²) in [5.74, 6) is -1.11. The summed E-state index contributed by atoms with van der Waals surface area (Å²) in [6.07, 6.45) is 1.37. The van der Waals surface area contributed by atoms with Gasteiger partial charge in [-0.05, 0) is 17.7 Å². The van der Waals surface area contributed by atoms with Gasteiger partial charge in [-0.25, -0.2) is 14.6 Å². The predicted octanol–water partition coefficient (Wildman–Crippen LogP) is 2.23. The maximum absolute atomic E-state index is 11.9. The van der Waals surface area contributed by atoms with Gasteiger partial charge in [0, 0.05) is 6.20 Å². The van der Waals surface area contributed by atoms with E-state index in [9.17, 15) is 9.59 Å². The van der Waals surface area contributed by atoms with Crippen molar-refractivity contribution in [2.45, 2.75) is 6.61 Å². The minimum Gasteiger partial charge on any atom is -0.464 e. The molecule has 0 atom stereocenters. The first kappa shape index (κ1) is 13.7. The fraction of sp³-hybridized carbons (Fsp3) is 0.133. The SMILES string of the molecule is COC(=O)c1cc(C(=O)OCc2ccccc2)ccn1. The Morgan fingerprint density at radius 1 is 1.10 bits per heavy atom. The van der Waals surface area contributed by atoms with Crippen molar-refractivity contribution < 1.29 is 19.1 Å². The van der Waals surface area contributed by atoms with Crippen LogP contribution in [-0.4, -0.2) is 24.0 Å². The van der Waals surface area contributed by atoms with Gasteiger partial charge in [-0.15, -0.1) is 0 Å². The summed E-state index contributed by atoms with van der Waals surface area (Å²) in [4.78, 5) is 27.0. The fourth-order valence-electron chi connectivity index (χ4n) is 1.58. The molecule has 1 aromatic carbocycles. The number of methoxy groups -OCH3 is 1. The number of ether oxygens (including phenoxy) is 2. The molecule has 2 rings (SSSR count). The molecule has 1 heterocycles. The largest absolute Gasteiger partial charge is 0.464 e. The smallest absolute Gasteiger partial charge is 0.356 e. The minimum absolute atomic E-state index is 0.0710. The van der Waals surface area contributed by atoms with Crippen LogP contribution in [0, 0.1) is 0 Å². The van der Waals surface area contributed by atoms with Crippen molar-refractivity contribution >= 4 is 11.9 Å². The lowest BCUT2D eigenvalue weighted by atomic mass is 10.2. The zero-order valence-corrected chi connectivity index (χ0v) is 10.9. The van der Waals surface area contributed by atoms with Crippen LogP contribution in [0.2, 0.25) is 0 Å². The van der Waals surface area contributed by atoms with Crippen LogP contribution in [-0.2, 0) is 16.1 Å². The number of hydrogen-bond donors (Lipinski definition) is 0. The summed E-state index contributed by atoms with van der Waals surface area (Å²) in [6, 6.07) is 12.2. The van der Waals surface area contributed by atoms with Gasteiger partial charge in [-0.1, -0.05) is 30.3 Å². The predicted molar refractivity (Wildman–Crippen MR) is 71.1 cm³/mol. The molecular weight excluding hydrogens is 258 g/mol. The molecule has 5 nitrogen and oxygen atoms in total. The second-order valence-corrected chi connectivity index (χ2v) is 3.98. The third kappa shape index (κ3) is 3.41. The topological polar surface area (TPSA) is 65.5 Å². The third-order valence-corrected chi connectivity index (χ3v) is 2.60. The third-order valence-electron chi connectivity index (χ3n) is 2.60. The number of aromatic nitrogens is 1. The molecule has 0 aliphatic carbocycles. The molecule has 1 aromatic heterocycles. The Labute approximate surface area is 116 Å². The van der Waals surface area contributed by atoms with Crippen molar-refractivity contribution in [1.29, 1.82) is 0 Å². The van der Waals surface area contributed by atoms with E-state index in [1.807, 2.05) is 30.3 Å². The average molecular weight is 271 g/mol. The molecule has 0 amide bonds. The first-order valence-electron chi connectivity index (χ1n) is 5.96. The molecule has 102 valence electrons. The van der Waals surface area contributed by atoms with Crippen molar-refractivity contribution in [2.24, 2.45) is 0 Å². The van der Waals surface area contributed by atoms with E-state index in [0.29, 0.717) is 0 Å². The Hall–Kier alpha value is -2.69. The van der Waals surface area contributed by atoms with Gasteiger partial charge in [0.2, 0.25) is 0 Å². The molecule has 0 saturated heterocycles. The number of carbonyl (C=O) groups excluding carboxylic acids is 2. The van der Waals surface area contributed by atoms with Crippen molar-refractivity contribution in [1.82, 2.24) is 4.98 Å². The number of esters is 2. The molecule has 5 heteroatoms. The van der Waals surface area contributed by atoms with Crippen molar-refractivity contribution in [3.8, 4) is 0 Å². The molecule has 20 heavy (non-hydrogen) atoms. The van der Waals surface area contributed by atoms with Gasteiger partial charge in [0.05, 0.1) is 12.7 Å². The lowest BCUT2D eigenvalue weighted by Gasteiger charge is -2.05. The molecule has 0 radical (unpaired) electrons. The van der Waals surface area contributed by atoms with E-state index < -0.39 is 11.9 Å². The maximum Gasteiger partial charge on any atom is 0.356 e. The Bertz CT molecular complexity index is 610. The zero-order valence-electron chi connectivity index (χ0n) is 10.9. The molecule has 0 spiro atoms. The van der Waals surface area contributed by atoms with Gasteiger partial charge < -0.3 is 9.47 Å². The Morgan fingerprint density at radius 2 is 1.85 bits per heavy atom. The second kappa shape index (κ2) is 6.47. The van der Waals surface area contributed by atoms with Gasteiger partial charge in [-0.3, -0.25) is 0 Å². The van der Waals surface area contributed by atoms with Crippen LogP contribution in [0.4, 0.5) is 0 Å². The van der Waals surface area contributed by atoms with E-state index in [0.717, 1.165) is 5.56 Å². The highest BCUT2D eigenvalue weighted by Crippen LogP contribution is 2.08. The van der Waals surface area contributed by atoms with E-state index in [-0.39, 0.29) is 17.9 Å². The van der Waals surface area contributed by atoms with Crippen molar-refractivity contribution in [2.75, 3.05) is 7.11 Å². The summed E-state index contributed by atoms with van der Waals surface area (Å²) < 4.78 is 9.71. The molecular formula is C15H13NO4. The maximum atomic E-state index is 11.9. The molecule has 2 aromatic rings. The fourth-order valence-corrected chi connectivity index (χ4v) is 1.58. The number of benzene rings is 1. The average Bonchev–Trinajstić information content (AvgIpc) is 2.53. The van der Waals surface area contributed by atoms with Crippen LogP contribution in [0.3, 0.4) is 0 Å². The number of nitrogens with zero attached hydrogens (tertiary/aromatic N) is 1. The first-order valence-corrected chi connectivity index (χ1v) is 5.96. The Morgan fingerprint density at radius 3 is 2.55 bits per heavy atom. The van der Waals surface area contributed by atoms with E-state index in [1.165, 1.54) is 25.4 Å². The monoisotopic (exact) mass is 271 g/mol. The quantitative estimate of drug-likeness (QED) is 0.798. The molecule has 0 N–H and O–H groups in total. The van der Waals surface area contributed by atoms with Gasteiger partial charge in [-0.2, -0.15) is 0 Å². The van der Waals surface area contributed by atoms with Crippen LogP contribution in [0.25, 0.3) is 0 Å². The van der Waals surface area contributed by atoms with E-state index in [4.69, 9.17) is 4.74 Å². The molecule has 0 aliphatic heterocycles. The van der Waals surface area contributed by atoms with Crippen molar-refractivity contribution in [3.63, 3.8) is 0 Å². The van der Waals surface area contributed by atoms with Crippen molar-refractivity contribution in [3.05, 3.63) is 65.5 Å². The molecule has 0 fully saturated rings. The second-order valence-electron chi connectivity index (χ2n) is 3.98. The van der Waals surface area contributed by atoms with Crippen LogP contribution in [0.15, 0.2) is 48.7 Å². The number of carbonyl (C=O) groups is 2. The number of pyridine rings is 1. The Balaban J connectivity index is 2.04. The van der Waals surface area contributed by atoms with Gasteiger partial charge in [0.1, 0.15) is 12.3 Å². The highest BCUT2D eigenvalue weighted by Gasteiger charge is 2.12. The highest BCUT2D eigenvalue weighted by atomic mass is 16.5. The number of rotatable bonds is 4. The van der Waals surface area contributed by atoms with E-state index >= 15 is 0 Å². The summed E-state index contributed by atoms with van der Waals surface area (Å²) in [5.41, 5.74) is 1.22. The minimum atomic E-state index is -0.595. The highest BCUT2D eigenvalue weighted by molar-refractivity contribution is 5.93. The summed E-state index contributed by atoms with van der Waals surface area (Å²) in [5, 5.41) is 0. The van der Waals surface area contributed by atoms with Gasteiger partial charge in [0.15, 0.2) is 0 Å². The number of hydrogen-bond acceptors (Lipinski definition) is 5. The molecule has 0 saturated carbocycles. The summed E-state index contributed by atoms with van der Waals surface area (Å²) in [6.45, 7) is 0.176. The molecule has 0 aliphatic rings. The zero-order chi connectivity index (χ0) is 14.4. The van der Waals surface area contributed by atoms with Crippen LogP contribution >= 0.6 is 0 Å². The van der Waals surface area contributed by atoms with Crippen LogP contribution in [0.5, 0.6) is 0 Å². The lowest BCUT2D eigenvalue weighted by molar-refractivity contribution is 0.0472. The van der Waals surface area contributed by atoms with E-state index in [1.54, 1.807) is 0 Å². The van der Waals surface area contributed by atoms with Gasteiger partial charge >= 0.3 is 11.9 Å². The first-order chi connectivity index (χ1) is 9.70. The normalized spacial score (nSPS) is 9.85. The Kier molecular flexibility index (Phi) is 4.44. The van der Waals surface area contributed by atoms with Crippen LogP contribution < -0.4 is 0 Å². The van der Waals surface area contributed by atoms with Gasteiger partial charge in [0.25, 0.3) is 0 Å². The molecule has 0 bridgehead atoms. The summed E-state index contributed by atoms with van der Waals surface area (Å²) >= 11 is 0. The summed E-state index contributed by atoms with van der Waals surface area (Å²) in [7, 11) is 1.25. The van der Waals surface area contributed by atoms with E-state index in [2.05, 4.69) is 9.72 Å².